The molecule has 1 N–H and O–H groups in total. The number of aryl methyl sites for hydroxylation is 1. The second-order valence-electron chi connectivity index (χ2n) is 12.5. The zero-order chi connectivity index (χ0) is 27.6. The van der Waals surface area contributed by atoms with Gasteiger partial charge < -0.3 is 5.32 Å². The predicted molar refractivity (Wildman–Crippen MR) is 162 cm³/mol. The molecular formula is C36H50FNO. The van der Waals surface area contributed by atoms with Gasteiger partial charge in [0.25, 0.3) is 0 Å². The molecule has 2 saturated carbocycles. The van der Waals surface area contributed by atoms with Gasteiger partial charge in [-0.3, -0.25) is 4.79 Å². The molecule has 212 valence electrons. The molecule has 1 amide bonds. The van der Waals surface area contributed by atoms with E-state index in [0.29, 0.717) is 23.6 Å². The van der Waals surface area contributed by atoms with Crippen LogP contribution in [-0.2, 0) is 11.2 Å². The number of carbonyl (C=O) groups excluding carboxylic acids is 1. The normalized spacial score (nSPS) is 23.4. The first-order valence-corrected chi connectivity index (χ1v) is 15.8. The topological polar surface area (TPSA) is 29.1 Å². The summed E-state index contributed by atoms with van der Waals surface area (Å²) < 4.78 is 15.2. The van der Waals surface area contributed by atoms with E-state index in [1.165, 1.54) is 88.2 Å². The first-order chi connectivity index (χ1) is 18.9. The summed E-state index contributed by atoms with van der Waals surface area (Å²) in [7, 11) is 0. The summed E-state index contributed by atoms with van der Waals surface area (Å²) in [6.45, 7) is 8.30. The molecular weight excluding hydrogens is 481 g/mol. The van der Waals surface area contributed by atoms with E-state index in [4.69, 9.17) is 0 Å². The summed E-state index contributed by atoms with van der Waals surface area (Å²) in [4.78, 5) is 11.6. The lowest BCUT2D eigenvalue weighted by molar-refractivity contribution is -0.117. The summed E-state index contributed by atoms with van der Waals surface area (Å²) in [5.74, 6) is 3.12. The smallest absolute Gasteiger partial charge is 0.246 e. The summed E-state index contributed by atoms with van der Waals surface area (Å²) in [6.07, 6.45) is 18.2. The monoisotopic (exact) mass is 531 g/mol. The highest BCUT2D eigenvalue weighted by atomic mass is 19.1. The Balaban J connectivity index is 1.23. The van der Waals surface area contributed by atoms with Gasteiger partial charge in [-0.1, -0.05) is 88.4 Å². The second-order valence-corrected chi connectivity index (χ2v) is 12.5. The van der Waals surface area contributed by atoms with Crippen LogP contribution in [0.4, 0.5) is 4.39 Å². The van der Waals surface area contributed by atoms with E-state index in [0.717, 1.165) is 36.2 Å². The minimum Gasteiger partial charge on any atom is -0.352 e. The van der Waals surface area contributed by atoms with Crippen LogP contribution >= 0.6 is 0 Å². The third-order valence-corrected chi connectivity index (χ3v) is 9.59. The van der Waals surface area contributed by atoms with Gasteiger partial charge in [-0.15, -0.1) is 0 Å². The average Bonchev–Trinajstić information content (AvgIpc) is 2.96. The van der Waals surface area contributed by atoms with Crippen LogP contribution in [-0.4, -0.2) is 12.5 Å². The first-order valence-electron chi connectivity index (χ1n) is 15.8. The van der Waals surface area contributed by atoms with Crippen LogP contribution in [0.25, 0.3) is 11.1 Å². The van der Waals surface area contributed by atoms with Gasteiger partial charge in [0.05, 0.1) is 0 Å². The molecule has 4 rings (SSSR count). The van der Waals surface area contributed by atoms with Gasteiger partial charge in [-0.05, 0) is 105 Å². The van der Waals surface area contributed by atoms with Crippen molar-refractivity contribution < 1.29 is 9.18 Å². The zero-order valence-electron chi connectivity index (χ0n) is 24.5. The maximum atomic E-state index is 15.2. The van der Waals surface area contributed by atoms with Gasteiger partial charge in [0, 0.05) is 17.7 Å². The average molecular weight is 532 g/mol. The molecule has 0 radical (unpaired) electrons. The third kappa shape index (κ3) is 8.53. The van der Waals surface area contributed by atoms with E-state index >= 15 is 4.39 Å². The molecule has 3 heteroatoms. The largest absolute Gasteiger partial charge is 0.352 e. The summed E-state index contributed by atoms with van der Waals surface area (Å²) in [6, 6.07) is 14.1. The standard InChI is InChI=1S/C36H50FNO/c1-4-5-6-8-27-10-14-29(15-11-27)30-18-20-31(21-19-30)33-22-23-34(35(37)25-33)32-16-12-28(13-17-32)9-7-24-38-36(39)26(2)3/h12-13,16-17,22-23,25,27,29-31H,2,4-11,14-15,18-21,24H2,1,3H3,(H,38,39). The highest BCUT2D eigenvalue weighted by Crippen LogP contribution is 2.45. The Morgan fingerprint density at radius 2 is 1.56 bits per heavy atom. The van der Waals surface area contributed by atoms with Crippen molar-refractivity contribution in [3.63, 3.8) is 0 Å². The molecule has 0 unspecified atom stereocenters. The number of carbonyl (C=O) groups is 1. The minimum absolute atomic E-state index is 0.0901. The Bertz CT molecular complexity index is 1060. The van der Waals surface area contributed by atoms with Crippen molar-refractivity contribution in [1.82, 2.24) is 5.32 Å². The van der Waals surface area contributed by atoms with Gasteiger partial charge in [0.1, 0.15) is 5.82 Å². The molecule has 2 fully saturated rings. The molecule has 0 atom stereocenters. The van der Waals surface area contributed by atoms with Crippen molar-refractivity contribution in [1.29, 1.82) is 0 Å². The Morgan fingerprint density at radius 3 is 2.18 bits per heavy atom. The summed E-state index contributed by atoms with van der Waals surface area (Å²) in [5.41, 5.74) is 4.52. The van der Waals surface area contributed by atoms with Gasteiger partial charge in [-0.2, -0.15) is 0 Å². The Labute approximate surface area is 236 Å². The molecule has 0 spiro atoms. The predicted octanol–water partition coefficient (Wildman–Crippen LogP) is 9.78. The zero-order valence-corrected chi connectivity index (χ0v) is 24.5. The molecule has 2 aliphatic carbocycles. The van der Waals surface area contributed by atoms with Crippen LogP contribution in [0.2, 0.25) is 0 Å². The van der Waals surface area contributed by atoms with Crippen molar-refractivity contribution >= 4 is 5.91 Å². The Hall–Kier alpha value is -2.42. The van der Waals surface area contributed by atoms with E-state index in [9.17, 15) is 4.79 Å². The second kappa shape index (κ2) is 14.8. The van der Waals surface area contributed by atoms with E-state index in [1.54, 1.807) is 13.0 Å². The highest BCUT2D eigenvalue weighted by Gasteiger charge is 2.31. The lowest BCUT2D eigenvalue weighted by atomic mass is 9.68. The number of hydrogen-bond donors (Lipinski definition) is 1. The number of nitrogens with one attached hydrogen (secondary N) is 1. The van der Waals surface area contributed by atoms with Crippen molar-refractivity contribution in [3.8, 4) is 11.1 Å². The Morgan fingerprint density at radius 1 is 0.897 bits per heavy atom. The molecule has 2 nitrogen and oxygen atoms in total. The highest BCUT2D eigenvalue weighted by molar-refractivity contribution is 5.92. The van der Waals surface area contributed by atoms with E-state index in [-0.39, 0.29) is 11.7 Å². The van der Waals surface area contributed by atoms with Crippen LogP contribution in [0.5, 0.6) is 0 Å². The van der Waals surface area contributed by atoms with Crippen LogP contribution in [0, 0.1) is 23.6 Å². The van der Waals surface area contributed by atoms with Crippen molar-refractivity contribution in [2.45, 2.75) is 110 Å². The quantitative estimate of drug-likeness (QED) is 0.214. The molecule has 0 aliphatic heterocycles. The summed E-state index contributed by atoms with van der Waals surface area (Å²) >= 11 is 0. The number of rotatable bonds is 12. The van der Waals surface area contributed by atoms with E-state index in [1.807, 2.05) is 18.2 Å². The van der Waals surface area contributed by atoms with Gasteiger partial charge in [-0.25, -0.2) is 4.39 Å². The lowest BCUT2D eigenvalue weighted by Gasteiger charge is -2.38. The Kier molecular flexibility index (Phi) is 11.2. The molecule has 0 heterocycles. The summed E-state index contributed by atoms with van der Waals surface area (Å²) in [5, 5.41) is 2.87. The van der Waals surface area contributed by atoms with Gasteiger partial charge in [0.2, 0.25) is 5.91 Å². The van der Waals surface area contributed by atoms with Crippen LogP contribution in [0.3, 0.4) is 0 Å². The SMILES string of the molecule is C=C(C)C(=O)NCCCc1ccc(-c2ccc(C3CCC(C4CCC(CCCCC)CC4)CC3)cc2F)cc1. The van der Waals surface area contributed by atoms with Crippen LogP contribution in [0.1, 0.15) is 114 Å². The number of amides is 1. The van der Waals surface area contributed by atoms with E-state index in [2.05, 4.69) is 37.0 Å². The van der Waals surface area contributed by atoms with Crippen molar-refractivity contribution in [3.05, 3.63) is 71.6 Å². The lowest BCUT2D eigenvalue weighted by Crippen LogP contribution is -2.25. The molecule has 39 heavy (non-hydrogen) atoms. The van der Waals surface area contributed by atoms with Crippen molar-refractivity contribution in [2.24, 2.45) is 17.8 Å². The molecule has 0 saturated heterocycles. The van der Waals surface area contributed by atoms with Gasteiger partial charge >= 0.3 is 0 Å². The van der Waals surface area contributed by atoms with Crippen LogP contribution < -0.4 is 5.32 Å². The minimum atomic E-state index is -0.105. The van der Waals surface area contributed by atoms with Gasteiger partial charge in [0.15, 0.2) is 0 Å². The molecule has 2 aliphatic rings. The maximum absolute atomic E-state index is 15.2. The third-order valence-electron chi connectivity index (χ3n) is 9.59. The fourth-order valence-electron chi connectivity index (χ4n) is 7.07. The number of hydrogen-bond acceptors (Lipinski definition) is 1. The van der Waals surface area contributed by atoms with Crippen LogP contribution in [0.15, 0.2) is 54.6 Å². The maximum Gasteiger partial charge on any atom is 0.246 e. The fourth-order valence-corrected chi connectivity index (χ4v) is 7.07. The number of unbranched alkanes of at least 4 members (excludes halogenated alkanes) is 2. The first kappa shape index (κ1) is 29.6. The molecule has 2 aromatic rings. The fraction of sp³-hybridized carbons (Fsp3) is 0.583. The molecule has 0 aromatic heterocycles. The molecule has 2 aromatic carbocycles. The van der Waals surface area contributed by atoms with E-state index < -0.39 is 0 Å². The van der Waals surface area contributed by atoms with Crippen molar-refractivity contribution in [2.75, 3.05) is 6.54 Å². The number of halogens is 1. The molecule has 0 bridgehead atoms. The number of benzene rings is 2.